The highest BCUT2D eigenvalue weighted by Crippen LogP contribution is 2.14. The highest BCUT2D eigenvalue weighted by atomic mass is 14.9. The Morgan fingerprint density at radius 1 is 1.12 bits per heavy atom. The molecule has 1 N–H and O–H groups in total. The zero-order valence-corrected chi connectivity index (χ0v) is 9.70. The minimum absolute atomic E-state index is 0.846. The van der Waals surface area contributed by atoms with Crippen LogP contribution in [0.3, 0.4) is 0 Å². The predicted molar refractivity (Wildman–Crippen MR) is 67.5 cm³/mol. The Morgan fingerprint density at radius 2 is 2.00 bits per heavy atom. The Balaban J connectivity index is 2.08. The second-order valence-corrected chi connectivity index (χ2v) is 3.95. The molecule has 0 unspecified atom stereocenters. The van der Waals surface area contributed by atoms with E-state index in [-0.39, 0.29) is 0 Å². The SMILES string of the molecule is Cc1cccc(CNc2cccnc2)c1C. The normalized spacial score (nSPS) is 10.1. The summed E-state index contributed by atoms with van der Waals surface area (Å²) < 4.78 is 0. The monoisotopic (exact) mass is 212 g/mol. The van der Waals surface area contributed by atoms with Gasteiger partial charge in [-0.3, -0.25) is 4.98 Å². The summed E-state index contributed by atoms with van der Waals surface area (Å²) in [5.74, 6) is 0. The van der Waals surface area contributed by atoms with Gasteiger partial charge in [0.15, 0.2) is 0 Å². The van der Waals surface area contributed by atoms with E-state index >= 15 is 0 Å². The minimum atomic E-state index is 0.846. The van der Waals surface area contributed by atoms with Crippen LogP contribution in [0.4, 0.5) is 5.69 Å². The van der Waals surface area contributed by atoms with E-state index in [4.69, 9.17) is 0 Å². The second kappa shape index (κ2) is 4.79. The fourth-order valence-corrected chi connectivity index (χ4v) is 1.67. The van der Waals surface area contributed by atoms with Crippen molar-refractivity contribution in [2.45, 2.75) is 20.4 Å². The van der Waals surface area contributed by atoms with E-state index in [0.717, 1.165) is 12.2 Å². The van der Waals surface area contributed by atoms with Crippen molar-refractivity contribution in [3.05, 3.63) is 59.4 Å². The largest absolute Gasteiger partial charge is 0.380 e. The third-order valence-electron chi connectivity index (χ3n) is 2.86. The molecule has 1 heterocycles. The van der Waals surface area contributed by atoms with Crippen LogP contribution in [0.25, 0.3) is 0 Å². The number of nitrogens with zero attached hydrogens (tertiary/aromatic N) is 1. The third-order valence-corrected chi connectivity index (χ3v) is 2.86. The van der Waals surface area contributed by atoms with E-state index in [0.29, 0.717) is 0 Å². The number of pyridine rings is 1. The smallest absolute Gasteiger partial charge is 0.0529 e. The Labute approximate surface area is 96.4 Å². The molecule has 82 valence electrons. The van der Waals surface area contributed by atoms with Gasteiger partial charge < -0.3 is 5.32 Å². The van der Waals surface area contributed by atoms with Gasteiger partial charge in [0.05, 0.1) is 5.69 Å². The molecule has 0 aliphatic carbocycles. The standard InChI is InChI=1S/C14H16N2/c1-11-5-3-6-13(12(11)2)9-16-14-7-4-8-15-10-14/h3-8,10,16H,9H2,1-2H3. The number of hydrogen-bond acceptors (Lipinski definition) is 2. The molecule has 0 saturated heterocycles. The second-order valence-electron chi connectivity index (χ2n) is 3.95. The van der Waals surface area contributed by atoms with Crippen LogP contribution in [0, 0.1) is 13.8 Å². The van der Waals surface area contributed by atoms with Crippen molar-refractivity contribution in [3.8, 4) is 0 Å². The lowest BCUT2D eigenvalue weighted by Crippen LogP contribution is -2.02. The summed E-state index contributed by atoms with van der Waals surface area (Å²) >= 11 is 0. The Kier molecular flexibility index (Phi) is 3.20. The van der Waals surface area contributed by atoms with E-state index in [9.17, 15) is 0 Å². The van der Waals surface area contributed by atoms with Gasteiger partial charge in [0, 0.05) is 18.9 Å². The molecule has 1 aromatic carbocycles. The minimum Gasteiger partial charge on any atom is -0.380 e. The van der Waals surface area contributed by atoms with Crippen molar-refractivity contribution >= 4 is 5.69 Å². The van der Waals surface area contributed by atoms with Crippen LogP contribution in [0.5, 0.6) is 0 Å². The van der Waals surface area contributed by atoms with Gasteiger partial charge in [-0.15, -0.1) is 0 Å². The molecule has 0 aliphatic heterocycles. The predicted octanol–water partition coefficient (Wildman–Crippen LogP) is 3.31. The Morgan fingerprint density at radius 3 is 2.75 bits per heavy atom. The van der Waals surface area contributed by atoms with E-state index in [1.807, 2.05) is 18.3 Å². The first-order valence-electron chi connectivity index (χ1n) is 5.46. The van der Waals surface area contributed by atoms with Crippen LogP contribution in [-0.2, 0) is 6.54 Å². The zero-order valence-electron chi connectivity index (χ0n) is 9.70. The lowest BCUT2D eigenvalue weighted by Gasteiger charge is -2.10. The van der Waals surface area contributed by atoms with Gasteiger partial charge in [0.25, 0.3) is 0 Å². The fourth-order valence-electron chi connectivity index (χ4n) is 1.67. The zero-order chi connectivity index (χ0) is 11.4. The summed E-state index contributed by atoms with van der Waals surface area (Å²) in [7, 11) is 0. The van der Waals surface area contributed by atoms with Crippen LogP contribution in [0.2, 0.25) is 0 Å². The first kappa shape index (κ1) is 10.7. The summed E-state index contributed by atoms with van der Waals surface area (Å²) in [6.45, 7) is 5.15. The number of rotatable bonds is 3. The Hall–Kier alpha value is -1.83. The maximum atomic E-state index is 4.07. The first-order chi connectivity index (χ1) is 7.77. The number of benzene rings is 1. The van der Waals surface area contributed by atoms with E-state index < -0.39 is 0 Å². The van der Waals surface area contributed by atoms with E-state index in [1.165, 1.54) is 16.7 Å². The average molecular weight is 212 g/mol. The fraction of sp³-hybridized carbons (Fsp3) is 0.214. The molecule has 0 atom stereocenters. The molecule has 2 heteroatoms. The highest BCUT2D eigenvalue weighted by Gasteiger charge is 2.00. The summed E-state index contributed by atoms with van der Waals surface area (Å²) in [6, 6.07) is 10.4. The average Bonchev–Trinajstić information content (AvgIpc) is 2.32. The molecule has 2 rings (SSSR count). The van der Waals surface area contributed by atoms with Crippen LogP contribution >= 0.6 is 0 Å². The summed E-state index contributed by atoms with van der Waals surface area (Å²) in [5.41, 5.74) is 5.09. The molecule has 2 aromatic rings. The number of aryl methyl sites for hydroxylation is 1. The molecule has 0 fully saturated rings. The summed E-state index contributed by atoms with van der Waals surface area (Å²) in [6.07, 6.45) is 3.62. The molecule has 0 amide bonds. The summed E-state index contributed by atoms with van der Waals surface area (Å²) in [5, 5.41) is 3.37. The number of nitrogens with one attached hydrogen (secondary N) is 1. The van der Waals surface area contributed by atoms with Gasteiger partial charge in [-0.25, -0.2) is 0 Å². The van der Waals surface area contributed by atoms with Gasteiger partial charge in [0.1, 0.15) is 0 Å². The van der Waals surface area contributed by atoms with Gasteiger partial charge in [-0.2, -0.15) is 0 Å². The maximum Gasteiger partial charge on any atom is 0.0529 e. The molecule has 0 saturated carbocycles. The van der Waals surface area contributed by atoms with Crippen molar-refractivity contribution in [1.82, 2.24) is 4.98 Å². The molecular weight excluding hydrogens is 196 g/mol. The molecule has 0 spiro atoms. The number of aromatic nitrogens is 1. The van der Waals surface area contributed by atoms with Crippen LogP contribution in [-0.4, -0.2) is 4.98 Å². The van der Waals surface area contributed by atoms with Crippen LogP contribution < -0.4 is 5.32 Å². The highest BCUT2D eigenvalue weighted by molar-refractivity contribution is 5.42. The lowest BCUT2D eigenvalue weighted by molar-refractivity contribution is 1.10. The molecule has 0 radical (unpaired) electrons. The lowest BCUT2D eigenvalue weighted by atomic mass is 10.0. The van der Waals surface area contributed by atoms with E-state index in [2.05, 4.69) is 42.3 Å². The van der Waals surface area contributed by atoms with Gasteiger partial charge >= 0.3 is 0 Å². The third kappa shape index (κ3) is 2.40. The van der Waals surface area contributed by atoms with E-state index in [1.54, 1.807) is 6.20 Å². The molecule has 0 aliphatic rings. The van der Waals surface area contributed by atoms with Gasteiger partial charge in [-0.05, 0) is 42.7 Å². The van der Waals surface area contributed by atoms with Crippen molar-refractivity contribution in [3.63, 3.8) is 0 Å². The first-order valence-corrected chi connectivity index (χ1v) is 5.46. The molecule has 1 aromatic heterocycles. The Bertz CT molecular complexity index is 463. The van der Waals surface area contributed by atoms with Crippen LogP contribution in [0.15, 0.2) is 42.7 Å². The molecule has 0 bridgehead atoms. The van der Waals surface area contributed by atoms with Crippen LogP contribution in [0.1, 0.15) is 16.7 Å². The molecule has 16 heavy (non-hydrogen) atoms. The van der Waals surface area contributed by atoms with Gasteiger partial charge in [0.2, 0.25) is 0 Å². The van der Waals surface area contributed by atoms with Crippen molar-refractivity contribution in [2.24, 2.45) is 0 Å². The maximum absolute atomic E-state index is 4.07. The van der Waals surface area contributed by atoms with Crippen molar-refractivity contribution < 1.29 is 0 Å². The number of hydrogen-bond donors (Lipinski definition) is 1. The van der Waals surface area contributed by atoms with Crippen molar-refractivity contribution in [2.75, 3.05) is 5.32 Å². The molecular formula is C14H16N2. The quantitative estimate of drug-likeness (QED) is 0.844. The van der Waals surface area contributed by atoms with Crippen molar-refractivity contribution in [1.29, 1.82) is 0 Å². The topological polar surface area (TPSA) is 24.9 Å². The number of anilines is 1. The summed E-state index contributed by atoms with van der Waals surface area (Å²) in [4.78, 5) is 4.07. The molecule has 2 nitrogen and oxygen atoms in total. The van der Waals surface area contributed by atoms with Gasteiger partial charge in [-0.1, -0.05) is 18.2 Å².